The van der Waals surface area contributed by atoms with Gasteiger partial charge in [-0.1, -0.05) is 0 Å². The monoisotopic (exact) mass is 280 g/mol. The molecule has 1 atom stereocenters. The topological polar surface area (TPSA) is 87.5 Å². The SMILES string of the molecule is Cn1cc(NC(=O)N2CCCC(CCC(=O)O)C2)cn1. The van der Waals surface area contributed by atoms with Crippen LogP contribution in [-0.2, 0) is 11.8 Å². The third-order valence-corrected chi connectivity index (χ3v) is 3.53. The van der Waals surface area contributed by atoms with E-state index in [1.54, 1.807) is 29.0 Å². The van der Waals surface area contributed by atoms with Crippen molar-refractivity contribution in [2.24, 2.45) is 13.0 Å². The van der Waals surface area contributed by atoms with Crippen LogP contribution in [0.2, 0.25) is 0 Å². The van der Waals surface area contributed by atoms with E-state index < -0.39 is 5.97 Å². The molecule has 1 aromatic heterocycles. The molecule has 2 amide bonds. The van der Waals surface area contributed by atoms with Gasteiger partial charge in [0.25, 0.3) is 0 Å². The third-order valence-electron chi connectivity index (χ3n) is 3.53. The van der Waals surface area contributed by atoms with Gasteiger partial charge in [0.2, 0.25) is 0 Å². The van der Waals surface area contributed by atoms with E-state index in [1.807, 2.05) is 0 Å². The van der Waals surface area contributed by atoms with Crippen molar-refractivity contribution >= 4 is 17.7 Å². The minimum absolute atomic E-state index is 0.141. The summed E-state index contributed by atoms with van der Waals surface area (Å²) in [5.74, 6) is -0.499. The molecule has 7 nitrogen and oxygen atoms in total. The first-order chi connectivity index (χ1) is 9.54. The second-order valence-electron chi connectivity index (χ2n) is 5.22. The van der Waals surface area contributed by atoms with Gasteiger partial charge >= 0.3 is 12.0 Å². The van der Waals surface area contributed by atoms with Crippen molar-refractivity contribution in [3.05, 3.63) is 12.4 Å². The van der Waals surface area contributed by atoms with E-state index in [9.17, 15) is 9.59 Å². The number of nitrogens with one attached hydrogen (secondary N) is 1. The van der Waals surface area contributed by atoms with Gasteiger partial charge in [-0.2, -0.15) is 5.10 Å². The maximum Gasteiger partial charge on any atom is 0.321 e. The number of carboxylic acids is 1. The zero-order chi connectivity index (χ0) is 14.5. The van der Waals surface area contributed by atoms with E-state index in [1.165, 1.54) is 0 Å². The number of carbonyl (C=O) groups is 2. The molecule has 0 radical (unpaired) electrons. The van der Waals surface area contributed by atoms with Crippen molar-refractivity contribution in [2.75, 3.05) is 18.4 Å². The van der Waals surface area contributed by atoms with Crippen LogP contribution < -0.4 is 5.32 Å². The fraction of sp³-hybridized carbons (Fsp3) is 0.615. The molecule has 0 saturated carbocycles. The minimum atomic E-state index is -0.776. The van der Waals surface area contributed by atoms with Gasteiger partial charge in [0.15, 0.2) is 0 Å². The Morgan fingerprint density at radius 1 is 1.55 bits per heavy atom. The van der Waals surface area contributed by atoms with E-state index in [-0.39, 0.29) is 18.4 Å². The number of amides is 2. The molecular formula is C13H20N4O3. The molecule has 1 saturated heterocycles. The molecule has 1 aromatic rings. The summed E-state index contributed by atoms with van der Waals surface area (Å²) >= 11 is 0. The number of aliphatic carboxylic acids is 1. The largest absolute Gasteiger partial charge is 0.481 e. The Balaban J connectivity index is 1.84. The van der Waals surface area contributed by atoms with Crippen LogP contribution in [-0.4, -0.2) is 44.9 Å². The Morgan fingerprint density at radius 2 is 2.35 bits per heavy atom. The summed E-state index contributed by atoms with van der Waals surface area (Å²) in [6.45, 7) is 1.34. The van der Waals surface area contributed by atoms with Crippen LogP contribution in [0.5, 0.6) is 0 Å². The summed E-state index contributed by atoms with van der Waals surface area (Å²) in [5.41, 5.74) is 0.671. The fourth-order valence-corrected chi connectivity index (χ4v) is 2.50. The number of likely N-dealkylation sites (tertiary alicyclic amines) is 1. The van der Waals surface area contributed by atoms with Crippen molar-refractivity contribution in [2.45, 2.75) is 25.7 Å². The number of piperidine rings is 1. The number of aryl methyl sites for hydroxylation is 1. The van der Waals surface area contributed by atoms with Crippen LogP contribution in [0, 0.1) is 5.92 Å². The van der Waals surface area contributed by atoms with Crippen LogP contribution in [0.15, 0.2) is 12.4 Å². The lowest BCUT2D eigenvalue weighted by atomic mass is 9.93. The van der Waals surface area contributed by atoms with Gasteiger partial charge in [0, 0.05) is 32.8 Å². The van der Waals surface area contributed by atoms with Crippen molar-refractivity contribution < 1.29 is 14.7 Å². The molecular weight excluding hydrogens is 260 g/mol. The fourth-order valence-electron chi connectivity index (χ4n) is 2.50. The highest BCUT2D eigenvalue weighted by Crippen LogP contribution is 2.21. The molecule has 0 bridgehead atoms. The van der Waals surface area contributed by atoms with Gasteiger partial charge in [0.1, 0.15) is 0 Å². The van der Waals surface area contributed by atoms with Gasteiger partial charge < -0.3 is 15.3 Å². The lowest BCUT2D eigenvalue weighted by molar-refractivity contribution is -0.137. The number of urea groups is 1. The van der Waals surface area contributed by atoms with E-state index >= 15 is 0 Å². The van der Waals surface area contributed by atoms with Crippen molar-refractivity contribution in [1.82, 2.24) is 14.7 Å². The molecule has 1 aliphatic heterocycles. The van der Waals surface area contributed by atoms with Crippen LogP contribution in [0.25, 0.3) is 0 Å². The second kappa shape index (κ2) is 6.40. The maximum absolute atomic E-state index is 12.1. The predicted octanol–water partition coefficient (Wildman–Crippen LogP) is 1.53. The van der Waals surface area contributed by atoms with Crippen LogP contribution in [0.4, 0.5) is 10.5 Å². The number of rotatable bonds is 4. The molecule has 110 valence electrons. The highest BCUT2D eigenvalue weighted by Gasteiger charge is 2.24. The minimum Gasteiger partial charge on any atom is -0.481 e. The smallest absolute Gasteiger partial charge is 0.321 e. The average molecular weight is 280 g/mol. The summed E-state index contributed by atoms with van der Waals surface area (Å²) in [4.78, 5) is 24.5. The molecule has 0 spiro atoms. The van der Waals surface area contributed by atoms with Gasteiger partial charge in [0.05, 0.1) is 11.9 Å². The molecule has 7 heteroatoms. The number of carbonyl (C=O) groups excluding carboxylic acids is 1. The normalized spacial score (nSPS) is 18.9. The molecule has 1 aliphatic rings. The molecule has 0 aromatic carbocycles. The Morgan fingerprint density at radius 3 is 3.00 bits per heavy atom. The molecule has 1 fully saturated rings. The van der Waals surface area contributed by atoms with Crippen molar-refractivity contribution in [3.8, 4) is 0 Å². The number of anilines is 1. The quantitative estimate of drug-likeness (QED) is 0.875. The Kier molecular flexibility index (Phi) is 4.60. The highest BCUT2D eigenvalue weighted by atomic mass is 16.4. The first-order valence-electron chi connectivity index (χ1n) is 6.81. The molecule has 2 N–H and O–H groups in total. The van der Waals surface area contributed by atoms with E-state index in [0.29, 0.717) is 18.7 Å². The standard InChI is InChI=1S/C13H20N4O3/c1-16-9-11(7-14-16)15-13(20)17-6-2-3-10(8-17)4-5-12(18)19/h7,9-10H,2-6,8H2,1H3,(H,15,20)(H,18,19). The number of nitrogens with zero attached hydrogens (tertiary/aromatic N) is 3. The second-order valence-corrected chi connectivity index (χ2v) is 5.22. The molecule has 2 heterocycles. The van der Waals surface area contributed by atoms with E-state index in [0.717, 1.165) is 19.4 Å². The summed E-state index contributed by atoms with van der Waals surface area (Å²) in [7, 11) is 1.79. The summed E-state index contributed by atoms with van der Waals surface area (Å²) in [6.07, 6.45) is 6.05. The van der Waals surface area contributed by atoms with Gasteiger partial charge in [-0.25, -0.2) is 4.79 Å². The molecule has 1 unspecified atom stereocenters. The number of hydrogen-bond acceptors (Lipinski definition) is 3. The van der Waals surface area contributed by atoms with Gasteiger partial charge in [-0.3, -0.25) is 9.48 Å². The van der Waals surface area contributed by atoms with Crippen molar-refractivity contribution in [3.63, 3.8) is 0 Å². The Labute approximate surface area is 117 Å². The predicted molar refractivity (Wildman–Crippen MR) is 73.4 cm³/mol. The summed E-state index contributed by atoms with van der Waals surface area (Å²) in [5, 5.41) is 15.5. The highest BCUT2D eigenvalue weighted by molar-refractivity contribution is 5.89. The number of carboxylic acid groups (broad SMARTS) is 1. The molecule has 2 rings (SSSR count). The van der Waals surface area contributed by atoms with Gasteiger partial charge in [-0.05, 0) is 25.2 Å². The molecule has 0 aliphatic carbocycles. The van der Waals surface area contributed by atoms with E-state index in [4.69, 9.17) is 5.11 Å². The first-order valence-corrected chi connectivity index (χ1v) is 6.81. The van der Waals surface area contributed by atoms with Gasteiger partial charge in [-0.15, -0.1) is 0 Å². The van der Waals surface area contributed by atoms with Crippen molar-refractivity contribution in [1.29, 1.82) is 0 Å². The average Bonchev–Trinajstić information content (AvgIpc) is 2.82. The zero-order valence-electron chi connectivity index (χ0n) is 11.6. The van der Waals surface area contributed by atoms with Crippen LogP contribution in [0.1, 0.15) is 25.7 Å². The summed E-state index contributed by atoms with van der Waals surface area (Å²) in [6, 6.07) is -0.141. The zero-order valence-corrected chi connectivity index (χ0v) is 11.6. The van der Waals surface area contributed by atoms with Crippen LogP contribution in [0.3, 0.4) is 0 Å². The van der Waals surface area contributed by atoms with Crippen LogP contribution >= 0.6 is 0 Å². The lowest BCUT2D eigenvalue weighted by Gasteiger charge is -2.32. The first kappa shape index (κ1) is 14.4. The lowest BCUT2D eigenvalue weighted by Crippen LogP contribution is -2.42. The Bertz CT molecular complexity index is 486. The number of aromatic nitrogens is 2. The third kappa shape index (κ3) is 3.97. The Hall–Kier alpha value is -2.05. The maximum atomic E-state index is 12.1. The van der Waals surface area contributed by atoms with E-state index in [2.05, 4.69) is 10.4 Å². The number of hydrogen-bond donors (Lipinski definition) is 2. The summed E-state index contributed by atoms with van der Waals surface area (Å²) < 4.78 is 1.63. The molecule has 20 heavy (non-hydrogen) atoms.